The van der Waals surface area contributed by atoms with Crippen LogP contribution in [0.4, 0.5) is 11.4 Å². The molecule has 0 radical (unpaired) electrons. The first-order chi connectivity index (χ1) is 18.8. The van der Waals surface area contributed by atoms with Gasteiger partial charge < -0.3 is 10.0 Å². The highest BCUT2D eigenvalue weighted by Gasteiger charge is 2.43. The van der Waals surface area contributed by atoms with Crippen molar-refractivity contribution in [2.45, 2.75) is 69.1 Å². The van der Waals surface area contributed by atoms with E-state index in [9.17, 15) is 17.8 Å². The number of rotatable bonds is 10. The van der Waals surface area contributed by atoms with E-state index in [-0.39, 0.29) is 16.7 Å². The zero-order valence-corrected chi connectivity index (χ0v) is 24.7. The first-order valence-corrected chi connectivity index (χ1v) is 15.1. The minimum atomic E-state index is -4.28. The van der Waals surface area contributed by atoms with Crippen molar-refractivity contribution < 1.29 is 27.4 Å². The molecule has 0 aromatic heterocycles. The fourth-order valence-corrected chi connectivity index (χ4v) is 6.44. The second-order valence-electron chi connectivity index (χ2n) is 11.5. The van der Waals surface area contributed by atoms with Crippen LogP contribution in [0.2, 0.25) is 0 Å². The quantitative estimate of drug-likeness (QED) is 0.151. The fraction of sp³-hybridized carbons (Fsp3) is 0.375. The van der Waals surface area contributed by atoms with E-state index in [1.165, 1.54) is 23.0 Å². The van der Waals surface area contributed by atoms with Gasteiger partial charge in [0.1, 0.15) is 6.54 Å². The molecule has 2 aliphatic heterocycles. The Bertz CT molecular complexity index is 1540. The van der Waals surface area contributed by atoms with Gasteiger partial charge in [-0.15, -0.1) is 0 Å². The van der Waals surface area contributed by atoms with Crippen LogP contribution in [0.15, 0.2) is 83.4 Å². The fourth-order valence-electron chi connectivity index (χ4n) is 5.94. The maximum absolute atomic E-state index is 11.7. The minimum absolute atomic E-state index is 0.101. The van der Waals surface area contributed by atoms with Gasteiger partial charge in [0, 0.05) is 54.4 Å². The third kappa shape index (κ3) is 5.69. The molecule has 0 saturated carbocycles. The monoisotopic (exact) mass is 563 g/mol. The summed E-state index contributed by atoms with van der Waals surface area (Å²) in [7, 11) is -2.32. The summed E-state index contributed by atoms with van der Waals surface area (Å²) in [6, 6.07) is 13.2. The van der Waals surface area contributed by atoms with Crippen LogP contribution in [0.1, 0.15) is 64.5 Å². The second-order valence-corrected chi connectivity index (χ2v) is 12.9. The predicted octanol–water partition coefficient (Wildman–Crippen LogP) is 6.38. The van der Waals surface area contributed by atoms with E-state index in [0.717, 1.165) is 36.3 Å². The molecular weight excluding hydrogens is 524 g/mol. The molecule has 2 aromatic rings. The van der Waals surface area contributed by atoms with Crippen LogP contribution in [0.5, 0.6) is 0 Å². The zero-order valence-electron chi connectivity index (χ0n) is 23.9. The molecule has 0 bridgehead atoms. The summed E-state index contributed by atoms with van der Waals surface area (Å²) in [5, 5.41) is 8.94. The van der Waals surface area contributed by atoms with Gasteiger partial charge in [-0.3, -0.25) is 9.35 Å². The predicted molar refractivity (Wildman–Crippen MR) is 159 cm³/mol. The number of nitrogens with zero attached hydrogens (tertiary/aromatic N) is 2. The lowest BCUT2D eigenvalue weighted by molar-refractivity contribution is -0.438. The summed E-state index contributed by atoms with van der Waals surface area (Å²) in [4.78, 5) is 12.8. The molecule has 8 heteroatoms. The van der Waals surface area contributed by atoms with E-state index < -0.39 is 21.5 Å². The Hall–Kier alpha value is -3.49. The van der Waals surface area contributed by atoms with Crippen molar-refractivity contribution in [1.29, 1.82) is 0 Å². The molecule has 40 heavy (non-hydrogen) atoms. The van der Waals surface area contributed by atoms with Crippen molar-refractivity contribution in [2.75, 3.05) is 18.5 Å². The number of carboxylic acid groups (broad SMARTS) is 1. The Morgan fingerprint density at radius 2 is 1.68 bits per heavy atom. The third-order valence-electron chi connectivity index (χ3n) is 8.10. The van der Waals surface area contributed by atoms with Gasteiger partial charge in [0.15, 0.2) is 5.71 Å². The van der Waals surface area contributed by atoms with Gasteiger partial charge in [-0.25, -0.2) is 0 Å². The average Bonchev–Trinajstić information content (AvgIpc) is 3.21. The van der Waals surface area contributed by atoms with E-state index in [1.54, 1.807) is 12.1 Å². The topological polar surface area (TPSA) is 97.9 Å². The molecular formula is C32H39N2O5S+. The summed E-state index contributed by atoms with van der Waals surface area (Å²) in [5.74, 6) is -0.747. The Kier molecular flexibility index (Phi) is 8.24. The van der Waals surface area contributed by atoms with Crippen molar-refractivity contribution in [3.63, 3.8) is 0 Å². The van der Waals surface area contributed by atoms with Gasteiger partial charge in [0.05, 0.1) is 10.3 Å². The van der Waals surface area contributed by atoms with Gasteiger partial charge in [-0.2, -0.15) is 13.0 Å². The van der Waals surface area contributed by atoms with E-state index >= 15 is 0 Å². The first-order valence-electron chi connectivity index (χ1n) is 13.6. The number of carbonyl (C=O) groups is 1. The number of fused-ring (bicyclic) bond motifs is 2. The van der Waals surface area contributed by atoms with Gasteiger partial charge in [-0.05, 0) is 56.5 Å². The highest BCUT2D eigenvalue weighted by atomic mass is 32.2. The molecule has 0 unspecified atom stereocenters. The molecule has 7 nitrogen and oxygen atoms in total. The summed E-state index contributed by atoms with van der Waals surface area (Å²) in [5.41, 5.74) is 5.85. The van der Waals surface area contributed by atoms with E-state index in [0.29, 0.717) is 6.42 Å². The Morgan fingerprint density at radius 1 is 0.950 bits per heavy atom. The minimum Gasteiger partial charge on any atom is -0.481 e. The zero-order chi connectivity index (χ0) is 29.3. The molecule has 0 atom stereocenters. The SMILES string of the molecule is CN1/C(=C/C=C/C=C/C2=[N+](CCCCCC(=O)O)c3ccccc3C2(C)C)C(C)(C)c2cc(S(=O)(=O)O)ccc21. The van der Waals surface area contributed by atoms with E-state index in [2.05, 4.69) is 53.7 Å². The Labute approximate surface area is 237 Å². The molecule has 0 aliphatic carbocycles. The van der Waals surface area contributed by atoms with Gasteiger partial charge in [-0.1, -0.05) is 50.3 Å². The largest absolute Gasteiger partial charge is 0.481 e. The van der Waals surface area contributed by atoms with Crippen molar-refractivity contribution >= 4 is 33.2 Å². The Balaban J connectivity index is 1.56. The molecule has 2 aromatic carbocycles. The lowest BCUT2D eigenvalue weighted by atomic mass is 9.81. The number of benzene rings is 2. The molecule has 212 valence electrons. The number of allylic oxidation sites excluding steroid dienone is 6. The maximum Gasteiger partial charge on any atom is 0.303 e. The molecule has 2 N–H and O–H groups in total. The van der Waals surface area contributed by atoms with Crippen LogP contribution in [-0.4, -0.2) is 47.9 Å². The van der Waals surface area contributed by atoms with Crippen LogP contribution in [0.25, 0.3) is 0 Å². The lowest BCUT2D eigenvalue weighted by Gasteiger charge is -2.23. The molecule has 2 aliphatic rings. The number of hydrogen-bond acceptors (Lipinski definition) is 4. The average molecular weight is 564 g/mol. The molecule has 0 fully saturated rings. The summed E-state index contributed by atoms with van der Waals surface area (Å²) < 4.78 is 35.3. The molecule has 0 spiro atoms. The van der Waals surface area contributed by atoms with Crippen molar-refractivity contribution in [3.05, 3.63) is 89.7 Å². The standard InChI is InChI=1S/C32H38N2O5S/c1-31(2)24-14-11-12-15-27(24)34(21-13-7-10-18-30(35)36)29(31)17-9-6-8-16-28-32(3,4)25-22-23(40(37,38)39)19-20-26(25)33(28)5/h6,8-9,11-12,14-17,19-20,22H,7,10,13,18,21H2,1-5H3,(H-,35,36,37,38,39)/p+1. The highest BCUT2D eigenvalue weighted by Crippen LogP contribution is 2.47. The first kappa shape index (κ1) is 29.5. The summed E-state index contributed by atoms with van der Waals surface area (Å²) in [6.45, 7) is 9.38. The van der Waals surface area contributed by atoms with Crippen LogP contribution < -0.4 is 4.90 Å². The van der Waals surface area contributed by atoms with E-state index in [4.69, 9.17) is 5.11 Å². The summed E-state index contributed by atoms with van der Waals surface area (Å²) >= 11 is 0. The van der Waals surface area contributed by atoms with Crippen LogP contribution in [0.3, 0.4) is 0 Å². The van der Waals surface area contributed by atoms with Crippen LogP contribution in [0, 0.1) is 0 Å². The van der Waals surface area contributed by atoms with Crippen molar-refractivity contribution in [1.82, 2.24) is 0 Å². The highest BCUT2D eigenvalue weighted by molar-refractivity contribution is 7.85. The summed E-state index contributed by atoms with van der Waals surface area (Å²) in [6.07, 6.45) is 12.9. The number of anilines is 1. The molecule has 2 heterocycles. The lowest BCUT2D eigenvalue weighted by Crippen LogP contribution is -2.27. The normalized spacial score (nSPS) is 18.8. The molecule has 0 saturated heterocycles. The number of hydrogen-bond donors (Lipinski definition) is 2. The number of aliphatic carboxylic acids is 1. The van der Waals surface area contributed by atoms with Gasteiger partial charge >= 0.3 is 5.97 Å². The van der Waals surface area contributed by atoms with Crippen molar-refractivity contribution in [2.24, 2.45) is 0 Å². The smallest absolute Gasteiger partial charge is 0.303 e. The van der Waals surface area contributed by atoms with Gasteiger partial charge in [0.25, 0.3) is 10.1 Å². The Morgan fingerprint density at radius 3 is 2.38 bits per heavy atom. The third-order valence-corrected chi connectivity index (χ3v) is 8.95. The number of unbranched alkanes of at least 4 members (excludes halogenated alkanes) is 2. The molecule has 0 amide bonds. The van der Waals surface area contributed by atoms with Crippen molar-refractivity contribution in [3.8, 4) is 0 Å². The van der Waals surface area contributed by atoms with E-state index in [1.807, 2.05) is 45.2 Å². The van der Waals surface area contributed by atoms with Gasteiger partial charge in [0.2, 0.25) is 5.69 Å². The number of para-hydroxylation sites is 1. The maximum atomic E-state index is 11.7. The number of carboxylic acids is 1. The number of likely N-dealkylation sites (N-methyl/N-ethyl adjacent to an activating group) is 1. The second kappa shape index (κ2) is 11.2. The van der Waals surface area contributed by atoms with Crippen LogP contribution >= 0.6 is 0 Å². The molecule has 4 rings (SSSR count). The van der Waals surface area contributed by atoms with Crippen LogP contribution in [-0.2, 0) is 25.7 Å².